The number of nitrogens with one attached hydrogen (secondary N) is 2. The number of aryl methyl sites for hydroxylation is 1. The predicted octanol–water partition coefficient (Wildman–Crippen LogP) is 2.43. The van der Waals surface area contributed by atoms with Gasteiger partial charge in [0.15, 0.2) is 0 Å². The largest absolute Gasteiger partial charge is 0.353 e. The maximum atomic E-state index is 12.6. The fourth-order valence-electron chi connectivity index (χ4n) is 3.93. The zero-order valence-electron chi connectivity index (χ0n) is 15.6. The average molecular weight is 377 g/mol. The summed E-state index contributed by atoms with van der Waals surface area (Å²) in [5.74, 6) is -0.559. The zero-order valence-corrected chi connectivity index (χ0v) is 15.6. The molecule has 1 atom stereocenters. The Bertz CT molecular complexity index is 925. The topological polar surface area (TPSA) is 78.5 Å². The van der Waals surface area contributed by atoms with Crippen molar-refractivity contribution >= 4 is 29.1 Å². The first-order chi connectivity index (χ1) is 13.6. The molecular weight excluding hydrogens is 354 g/mol. The van der Waals surface area contributed by atoms with Crippen LogP contribution in [0.25, 0.3) is 0 Å². The van der Waals surface area contributed by atoms with Crippen molar-refractivity contribution in [3.05, 3.63) is 59.7 Å². The summed E-state index contributed by atoms with van der Waals surface area (Å²) in [6, 6.07) is 15.6. The molecule has 28 heavy (non-hydrogen) atoms. The third-order valence-corrected chi connectivity index (χ3v) is 5.35. The van der Waals surface area contributed by atoms with Crippen molar-refractivity contribution in [2.24, 2.45) is 0 Å². The molecule has 2 aromatic carbocycles. The molecule has 1 aliphatic heterocycles. The number of amides is 3. The number of anilines is 2. The summed E-state index contributed by atoms with van der Waals surface area (Å²) in [6.45, 7) is -0.0170. The summed E-state index contributed by atoms with van der Waals surface area (Å²) in [7, 11) is 0. The SMILES string of the molecule is O=C1CN(C(=O)CCC(=O)NC2CCc3ccccc3C2)c2ccccc2N1. The summed E-state index contributed by atoms with van der Waals surface area (Å²) in [6.07, 6.45) is 2.90. The average Bonchev–Trinajstić information content (AvgIpc) is 2.71. The molecule has 3 amide bonds. The molecule has 2 aromatic rings. The van der Waals surface area contributed by atoms with Crippen LogP contribution in [0.1, 0.15) is 30.4 Å². The van der Waals surface area contributed by atoms with Crippen LogP contribution in [0, 0.1) is 0 Å². The van der Waals surface area contributed by atoms with Gasteiger partial charge in [-0.05, 0) is 42.5 Å². The molecule has 2 aliphatic rings. The van der Waals surface area contributed by atoms with Gasteiger partial charge in [-0.25, -0.2) is 0 Å². The lowest BCUT2D eigenvalue weighted by Crippen LogP contribution is -2.43. The van der Waals surface area contributed by atoms with E-state index in [1.165, 1.54) is 16.0 Å². The highest BCUT2D eigenvalue weighted by atomic mass is 16.2. The molecule has 2 N–H and O–H groups in total. The second-order valence-electron chi connectivity index (χ2n) is 7.32. The van der Waals surface area contributed by atoms with Gasteiger partial charge in [-0.2, -0.15) is 0 Å². The van der Waals surface area contributed by atoms with E-state index in [0.29, 0.717) is 11.4 Å². The van der Waals surface area contributed by atoms with Crippen molar-refractivity contribution in [3.8, 4) is 0 Å². The van der Waals surface area contributed by atoms with Crippen LogP contribution >= 0.6 is 0 Å². The van der Waals surface area contributed by atoms with Gasteiger partial charge in [0.2, 0.25) is 17.7 Å². The van der Waals surface area contributed by atoms with Crippen LogP contribution in [-0.4, -0.2) is 30.3 Å². The van der Waals surface area contributed by atoms with E-state index < -0.39 is 0 Å². The van der Waals surface area contributed by atoms with E-state index in [4.69, 9.17) is 0 Å². The van der Waals surface area contributed by atoms with Crippen molar-refractivity contribution in [2.75, 3.05) is 16.8 Å². The van der Waals surface area contributed by atoms with E-state index in [9.17, 15) is 14.4 Å². The van der Waals surface area contributed by atoms with Gasteiger partial charge in [-0.3, -0.25) is 14.4 Å². The predicted molar refractivity (Wildman–Crippen MR) is 107 cm³/mol. The normalized spacial score (nSPS) is 17.9. The highest BCUT2D eigenvalue weighted by Crippen LogP contribution is 2.29. The Hall–Kier alpha value is -3.15. The molecule has 1 heterocycles. The van der Waals surface area contributed by atoms with Gasteiger partial charge in [-0.15, -0.1) is 0 Å². The molecule has 144 valence electrons. The molecule has 0 aromatic heterocycles. The van der Waals surface area contributed by atoms with E-state index in [1.54, 1.807) is 12.1 Å². The molecule has 0 spiro atoms. The minimum atomic E-state index is -0.225. The fourth-order valence-corrected chi connectivity index (χ4v) is 3.93. The Balaban J connectivity index is 1.32. The van der Waals surface area contributed by atoms with Crippen LogP contribution in [0.15, 0.2) is 48.5 Å². The summed E-state index contributed by atoms with van der Waals surface area (Å²) < 4.78 is 0. The highest BCUT2D eigenvalue weighted by molar-refractivity contribution is 6.10. The van der Waals surface area contributed by atoms with Gasteiger partial charge in [-0.1, -0.05) is 36.4 Å². The minimum Gasteiger partial charge on any atom is -0.353 e. The molecule has 6 nitrogen and oxygen atoms in total. The number of rotatable bonds is 4. The maximum Gasteiger partial charge on any atom is 0.244 e. The summed E-state index contributed by atoms with van der Waals surface area (Å²) in [4.78, 5) is 38.3. The van der Waals surface area contributed by atoms with Gasteiger partial charge >= 0.3 is 0 Å². The minimum absolute atomic E-state index is 0.0170. The number of hydrogen-bond acceptors (Lipinski definition) is 3. The van der Waals surface area contributed by atoms with Gasteiger partial charge in [0.05, 0.1) is 11.4 Å². The lowest BCUT2D eigenvalue weighted by molar-refractivity contribution is -0.126. The number of carbonyl (C=O) groups excluding carboxylic acids is 3. The van der Waals surface area contributed by atoms with Crippen LogP contribution in [0.3, 0.4) is 0 Å². The maximum absolute atomic E-state index is 12.6. The monoisotopic (exact) mass is 377 g/mol. The van der Waals surface area contributed by atoms with Crippen LogP contribution in [0.5, 0.6) is 0 Å². The first-order valence-electron chi connectivity index (χ1n) is 9.65. The van der Waals surface area contributed by atoms with Crippen LogP contribution < -0.4 is 15.5 Å². The molecule has 0 saturated carbocycles. The van der Waals surface area contributed by atoms with Gasteiger partial charge in [0.25, 0.3) is 0 Å². The third-order valence-electron chi connectivity index (χ3n) is 5.35. The van der Waals surface area contributed by atoms with E-state index in [2.05, 4.69) is 22.8 Å². The molecule has 0 radical (unpaired) electrons. The summed E-state index contributed by atoms with van der Waals surface area (Å²) in [5, 5.41) is 5.82. The summed E-state index contributed by atoms with van der Waals surface area (Å²) >= 11 is 0. The Kier molecular flexibility index (Phi) is 5.10. The van der Waals surface area contributed by atoms with Crippen molar-refractivity contribution in [1.82, 2.24) is 5.32 Å². The van der Waals surface area contributed by atoms with Crippen LogP contribution in [-0.2, 0) is 27.2 Å². The molecule has 0 saturated heterocycles. The quantitative estimate of drug-likeness (QED) is 0.859. The first-order valence-corrected chi connectivity index (χ1v) is 9.65. The second kappa shape index (κ2) is 7.84. The Morgan fingerprint density at radius 2 is 1.79 bits per heavy atom. The van der Waals surface area contributed by atoms with Crippen molar-refractivity contribution in [3.63, 3.8) is 0 Å². The Morgan fingerprint density at radius 3 is 2.64 bits per heavy atom. The van der Waals surface area contributed by atoms with E-state index in [-0.39, 0.29) is 43.1 Å². The molecular formula is C22H23N3O3. The molecule has 1 aliphatic carbocycles. The van der Waals surface area contributed by atoms with Gasteiger partial charge < -0.3 is 15.5 Å². The van der Waals surface area contributed by atoms with Crippen LogP contribution in [0.2, 0.25) is 0 Å². The van der Waals surface area contributed by atoms with Crippen molar-refractivity contribution < 1.29 is 14.4 Å². The lowest BCUT2D eigenvalue weighted by Gasteiger charge is -2.29. The molecule has 4 rings (SSSR count). The lowest BCUT2D eigenvalue weighted by atomic mass is 9.88. The number of benzene rings is 2. The summed E-state index contributed by atoms with van der Waals surface area (Å²) in [5.41, 5.74) is 3.94. The smallest absolute Gasteiger partial charge is 0.244 e. The van der Waals surface area contributed by atoms with Gasteiger partial charge in [0.1, 0.15) is 6.54 Å². The molecule has 6 heteroatoms. The molecule has 1 unspecified atom stereocenters. The molecule has 0 bridgehead atoms. The number of hydrogen-bond donors (Lipinski definition) is 2. The number of nitrogens with zero attached hydrogens (tertiary/aromatic N) is 1. The van der Waals surface area contributed by atoms with E-state index in [1.807, 2.05) is 24.3 Å². The van der Waals surface area contributed by atoms with Crippen molar-refractivity contribution in [1.29, 1.82) is 0 Å². The second-order valence-corrected chi connectivity index (χ2v) is 7.32. The number of carbonyl (C=O) groups is 3. The first kappa shape index (κ1) is 18.2. The number of para-hydroxylation sites is 2. The number of fused-ring (bicyclic) bond motifs is 2. The van der Waals surface area contributed by atoms with Crippen molar-refractivity contribution in [2.45, 2.75) is 38.1 Å². The van der Waals surface area contributed by atoms with E-state index >= 15 is 0 Å². The zero-order chi connectivity index (χ0) is 19.5. The Morgan fingerprint density at radius 1 is 1.04 bits per heavy atom. The Labute approximate surface area is 163 Å². The standard InChI is InChI=1S/C22H23N3O3/c26-20(23-17-10-9-15-5-1-2-6-16(15)13-17)11-12-22(28)25-14-21(27)24-18-7-3-4-8-19(18)25/h1-8,17H,9-14H2,(H,23,26)(H,24,27). The third kappa shape index (κ3) is 3.91. The highest BCUT2D eigenvalue weighted by Gasteiger charge is 2.27. The van der Waals surface area contributed by atoms with Crippen LogP contribution in [0.4, 0.5) is 11.4 Å². The fraction of sp³-hybridized carbons (Fsp3) is 0.318. The van der Waals surface area contributed by atoms with Gasteiger partial charge in [0, 0.05) is 18.9 Å². The van der Waals surface area contributed by atoms with E-state index in [0.717, 1.165) is 19.3 Å². The molecule has 0 fully saturated rings.